The quantitative estimate of drug-likeness (QED) is 0.750. The second-order valence-corrected chi connectivity index (χ2v) is 6.57. The van der Waals surface area contributed by atoms with Crippen molar-refractivity contribution in [3.63, 3.8) is 0 Å². The monoisotopic (exact) mass is 263 g/mol. The maximum atomic E-state index is 11.3. The van der Waals surface area contributed by atoms with Crippen LogP contribution >= 0.6 is 10.7 Å². The molecule has 1 aromatic rings. The molecule has 2 rings (SSSR count). The molecule has 0 amide bonds. The zero-order valence-corrected chi connectivity index (χ0v) is 10.6. The average Bonchev–Trinajstić information content (AvgIpc) is 2.65. The van der Waals surface area contributed by atoms with Gasteiger partial charge in [0.25, 0.3) is 9.05 Å². The van der Waals surface area contributed by atoms with E-state index in [2.05, 4.69) is 9.88 Å². The lowest BCUT2D eigenvalue weighted by Gasteiger charge is -2.30. The van der Waals surface area contributed by atoms with Crippen LogP contribution in [0.5, 0.6) is 0 Å². The SMILES string of the molecule is CN1CCCC(n2ccnc2S(=O)(=O)Cl)C1. The fourth-order valence-corrected chi connectivity index (χ4v) is 3.14. The van der Waals surface area contributed by atoms with Gasteiger partial charge in [0.05, 0.1) is 0 Å². The van der Waals surface area contributed by atoms with E-state index >= 15 is 0 Å². The third-order valence-corrected chi connectivity index (χ3v) is 4.01. The summed E-state index contributed by atoms with van der Waals surface area (Å²) in [6, 6.07) is 0.143. The van der Waals surface area contributed by atoms with Crippen molar-refractivity contribution in [2.75, 3.05) is 20.1 Å². The first-order chi connectivity index (χ1) is 7.48. The molecule has 0 aliphatic carbocycles. The summed E-state index contributed by atoms with van der Waals surface area (Å²) >= 11 is 0. The van der Waals surface area contributed by atoms with Gasteiger partial charge in [-0.1, -0.05) is 0 Å². The van der Waals surface area contributed by atoms with Crippen LogP contribution < -0.4 is 0 Å². The number of nitrogens with zero attached hydrogens (tertiary/aromatic N) is 3. The molecule has 1 aliphatic heterocycles. The summed E-state index contributed by atoms with van der Waals surface area (Å²) in [6.07, 6.45) is 5.17. The first-order valence-corrected chi connectivity index (χ1v) is 7.45. The van der Waals surface area contributed by atoms with E-state index in [-0.39, 0.29) is 11.2 Å². The van der Waals surface area contributed by atoms with Crippen LogP contribution in [0.3, 0.4) is 0 Å². The molecule has 1 unspecified atom stereocenters. The van der Waals surface area contributed by atoms with E-state index in [0.29, 0.717) is 0 Å². The van der Waals surface area contributed by atoms with Gasteiger partial charge in [-0.3, -0.25) is 0 Å². The van der Waals surface area contributed by atoms with Gasteiger partial charge in [-0.25, -0.2) is 13.4 Å². The number of halogens is 1. The van der Waals surface area contributed by atoms with Gasteiger partial charge in [0, 0.05) is 35.7 Å². The van der Waals surface area contributed by atoms with Crippen molar-refractivity contribution in [3.05, 3.63) is 12.4 Å². The Hall–Kier alpha value is -0.590. The molecule has 0 saturated carbocycles. The van der Waals surface area contributed by atoms with Crippen LogP contribution in [0.2, 0.25) is 0 Å². The smallest absolute Gasteiger partial charge is 0.295 e. The van der Waals surface area contributed by atoms with Crippen LogP contribution in [0.15, 0.2) is 17.6 Å². The fourth-order valence-electron chi connectivity index (χ4n) is 2.13. The molecule has 0 bridgehead atoms. The molecular formula is C9H14ClN3O2S. The fraction of sp³-hybridized carbons (Fsp3) is 0.667. The largest absolute Gasteiger partial charge is 0.317 e. The maximum Gasteiger partial charge on any atom is 0.295 e. The molecule has 90 valence electrons. The van der Waals surface area contributed by atoms with Crippen LogP contribution in [0.1, 0.15) is 18.9 Å². The summed E-state index contributed by atoms with van der Waals surface area (Å²) in [4.78, 5) is 5.99. The van der Waals surface area contributed by atoms with Crippen LogP contribution in [0.4, 0.5) is 0 Å². The normalized spacial score (nSPS) is 23.5. The molecule has 1 aromatic heterocycles. The van der Waals surface area contributed by atoms with E-state index in [4.69, 9.17) is 10.7 Å². The molecule has 1 saturated heterocycles. The highest BCUT2D eigenvalue weighted by molar-refractivity contribution is 8.13. The first kappa shape index (κ1) is 11.9. The number of likely N-dealkylation sites (tertiary alicyclic amines) is 1. The van der Waals surface area contributed by atoms with E-state index < -0.39 is 9.05 Å². The highest BCUT2D eigenvalue weighted by Crippen LogP contribution is 2.24. The van der Waals surface area contributed by atoms with E-state index in [1.54, 1.807) is 10.8 Å². The van der Waals surface area contributed by atoms with Crippen molar-refractivity contribution in [3.8, 4) is 0 Å². The number of hydrogen-bond acceptors (Lipinski definition) is 4. The van der Waals surface area contributed by atoms with Gasteiger partial charge >= 0.3 is 0 Å². The molecule has 0 radical (unpaired) electrons. The van der Waals surface area contributed by atoms with Crippen LogP contribution in [-0.4, -0.2) is 43.0 Å². The Morgan fingerprint density at radius 3 is 2.94 bits per heavy atom. The summed E-state index contributed by atoms with van der Waals surface area (Å²) in [5, 5.41) is -0.0468. The van der Waals surface area contributed by atoms with Gasteiger partial charge in [0.1, 0.15) is 0 Å². The molecule has 0 aromatic carbocycles. The van der Waals surface area contributed by atoms with Crippen LogP contribution in [0.25, 0.3) is 0 Å². The molecule has 2 heterocycles. The molecule has 0 spiro atoms. The average molecular weight is 264 g/mol. The third-order valence-electron chi connectivity index (χ3n) is 2.84. The summed E-state index contributed by atoms with van der Waals surface area (Å²) in [5.74, 6) is 0. The Bertz CT molecular complexity index is 471. The number of aromatic nitrogens is 2. The van der Waals surface area contributed by atoms with Gasteiger partial charge in [-0.15, -0.1) is 0 Å². The highest BCUT2D eigenvalue weighted by Gasteiger charge is 2.25. The number of piperidine rings is 1. The number of likely N-dealkylation sites (N-methyl/N-ethyl adjacent to an activating group) is 1. The third kappa shape index (κ3) is 2.39. The first-order valence-electron chi connectivity index (χ1n) is 5.14. The second kappa shape index (κ2) is 4.35. The van der Waals surface area contributed by atoms with Gasteiger partial charge in [-0.2, -0.15) is 0 Å². The van der Waals surface area contributed by atoms with Gasteiger partial charge < -0.3 is 9.47 Å². The second-order valence-electron chi connectivity index (χ2n) is 4.11. The summed E-state index contributed by atoms with van der Waals surface area (Å²) in [7, 11) is 3.61. The summed E-state index contributed by atoms with van der Waals surface area (Å²) in [6.45, 7) is 1.88. The molecule has 5 nitrogen and oxygen atoms in total. The lowest BCUT2D eigenvalue weighted by atomic mass is 10.1. The van der Waals surface area contributed by atoms with E-state index in [9.17, 15) is 8.42 Å². The van der Waals surface area contributed by atoms with Crippen molar-refractivity contribution < 1.29 is 8.42 Å². The Morgan fingerprint density at radius 2 is 2.31 bits per heavy atom. The van der Waals surface area contributed by atoms with E-state index in [1.165, 1.54) is 6.20 Å². The molecule has 1 aliphatic rings. The van der Waals surface area contributed by atoms with Gasteiger partial charge in [0.2, 0.25) is 5.16 Å². The Balaban J connectivity index is 2.30. The van der Waals surface area contributed by atoms with Crippen LogP contribution in [0, 0.1) is 0 Å². The van der Waals surface area contributed by atoms with Crippen molar-refractivity contribution >= 4 is 19.7 Å². The van der Waals surface area contributed by atoms with Gasteiger partial charge in [0.15, 0.2) is 0 Å². The lowest BCUT2D eigenvalue weighted by Crippen LogP contribution is -2.34. The zero-order chi connectivity index (χ0) is 11.8. The predicted molar refractivity (Wildman–Crippen MR) is 61.0 cm³/mol. The minimum absolute atomic E-state index is 0.0468. The topological polar surface area (TPSA) is 55.2 Å². The van der Waals surface area contributed by atoms with Crippen LogP contribution in [-0.2, 0) is 9.05 Å². The Labute approximate surface area is 99.4 Å². The molecule has 7 heteroatoms. The van der Waals surface area contributed by atoms with E-state index in [0.717, 1.165) is 25.9 Å². The standard InChI is InChI=1S/C9H14ClN3O2S/c1-12-5-2-3-8(7-12)13-6-4-11-9(13)16(10,14)15/h4,6,8H,2-3,5,7H2,1H3. The molecule has 0 N–H and O–H groups in total. The Kier molecular flexibility index (Phi) is 3.23. The molecule has 1 fully saturated rings. The number of hydrogen-bond donors (Lipinski definition) is 0. The maximum absolute atomic E-state index is 11.3. The number of rotatable bonds is 2. The predicted octanol–water partition coefficient (Wildman–Crippen LogP) is 1.08. The van der Waals surface area contributed by atoms with E-state index in [1.807, 2.05) is 7.05 Å². The molecule has 1 atom stereocenters. The van der Waals surface area contributed by atoms with Crippen molar-refractivity contribution in [1.82, 2.24) is 14.5 Å². The molecular weight excluding hydrogens is 250 g/mol. The lowest BCUT2D eigenvalue weighted by molar-refractivity contribution is 0.205. The van der Waals surface area contributed by atoms with Crippen molar-refractivity contribution in [2.45, 2.75) is 24.0 Å². The molecule has 16 heavy (non-hydrogen) atoms. The van der Waals surface area contributed by atoms with Crippen molar-refractivity contribution in [1.29, 1.82) is 0 Å². The van der Waals surface area contributed by atoms with Crippen molar-refractivity contribution in [2.24, 2.45) is 0 Å². The zero-order valence-electron chi connectivity index (χ0n) is 9.00. The number of imidazole rings is 1. The minimum Gasteiger partial charge on any atom is -0.317 e. The van der Waals surface area contributed by atoms with Gasteiger partial charge in [-0.05, 0) is 26.4 Å². The highest BCUT2D eigenvalue weighted by atomic mass is 35.7. The Morgan fingerprint density at radius 1 is 1.56 bits per heavy atom. The summed E-state index contributed by atoms with van der Waals surface area (Å²) < 4.78 is 24.3. The summed E-state index contributed by atoms with van der Waals surface area (Å²) in [5.41, 5.74) is 0. The minimum atomic E-state index is -3.75.